The van der Waals surface area contributed by atoms with Crippen molar-refractivity contribution in [3.05, 3.63) is 86.9 Å². The van der Waals surface area contributed by atoms with Crippen LogP contribution in [0.5, 0.6) is 11.6 Å². The van der Waals surface area contributed by atoms with Crippen LogP contribution in [-0.2, 0) is 0 Å². The van der Waals surface area contributed by atoms with Gasteiger partial charge in [0.1, 0.15) is 12.1 Å². The van der Waals surface area contributed by atoms with Crippen LogP contribution in [0.3, 0.4) is 0 Å². The fourth-order valence-corrected chi connectivity index (χ4v) is 3.04. The summed E-state index contributed by atoms with van der Waals surface area (Å²) in [5.41, 5.74) is 0.507. The van der Waals surface area contributed by atoms with Gasteiger partial charge < -0.3 is 4.74 Å². The molecule has 9 heteroatoms. The summed E-state index contributed by atoms with van der Waals surface area (Å²) in [5, 5.41) is 4.90. The van der Waals surface area contributed by atoms with E-state index in [1.165, 1.54) is 16.9 Å². The monoisotopic (exact) mass is 419 g/mol. The van der Waals surface area contributed by atoms with Crippen molar-refractivity contribution < 1.29 is 13.5 Å². The van der Waals surface area contributed by atoms with Gasteiger partial charge in [-0.25, -0.2) is 13.3 Å². The Morgan fingerprint density at radius 3 is 2.61 bits per heavy atom. The Hall–Kier alpha value is -3.03. The van der Waals surface area contributed by atoms with E-state index in [1.54, 1.807) is 24.3 Å². The van der Waals surface area contributed by atoms with E-state index >= 15 is 0 Å². The van der Waals surface area contributed by atoms with Gasteiger partial charge in [0.15, 0.2) is 11.6 Å². The molecule has 0 amide bonds. The number of benzene rings is 2. The summed E-state index contributed by atoms with van der Waals surface area (Å²) in [4.78, 5) is 16.2. The highest BCUT2D eigenvalue weighted by molar-refractivity contribution is 6.35. The van der Waals surface area contributed by atoms with E-state index in [1.807, 2.05) is 0 Å². The standard InChI is InChI=1S/C19H9Cl2F2N3O2/c20-10-1-3-13(21)12(7-10)18-15-4-6-17(25-26(15)9-24-19(18)27)28-16-5-2-11(22)8-14(16)23/h1-9H. The Bertz CT molecular complexity index is 1280. The average Bonchev–Trinajstić information content (AvgIpc) is 2.66. The molecule has 28 heavy (non-hydrogen) atoms. The Balaban J connectivity index is 1.83. The highest BCUT2D eigenvalue weighted by Gasteiger charge is 2.15. The zero-order valence-corrected chi connectivity index (χ0v) is 15.4. The highest BCUT2D eigenvalue weighted by atomic mass is 35.5. The number of aromatic nitrogens is 3. The lowest BCUT2D eigenvalue weighted by molar-refractivity contribution is 0.416. The fraction of sp³-hybridized carbons (Fsp3) is 0. The molecule has 0 atom stereocenters. The predicted octanol–water partition coefficient (Wildman–Crippen LogP) is 5.13. The van der Waals surface area contributed by atoms with Crippen LogP contribution in [0.1, 0.15) is 0 Å². The molecular weight excluding hydrogens is 411 g/mol. The lowest BCUT2D eigenvalue weighted by Crippen LogP contribution is -2.13. The quantitative estimate of drug-likeness (QED) is 0.461. The molecule has 0 saturated heterocycles. The van der Waals surface area contributed by atoms with Crippen LogP contribution in [-0.4, -0.2) is 14.6 Å². The van der Waals surface area contributed by atoms with Crippen LogP contribution < -0.4 is 10.3 Å². The van der Waals surface area contributed by atoms with Crippen molar-refractivity contribution in [1.82, 2.24) is 14.6 Å². The SMILES string of the molecule is O=c1ncn2nc(Oc3ccc(F)cc3F)ccc2c1-c1cc(Cl)ccc1Cl. The van der Waals surface area contributed by atoms with Gasteiger partial charge in [-0.05, 0) is 36.4 Å². The van der Waals surface area contributed by atoms with Crippen molar-refractivity contribution in [3.8, 4) is 22.8 Å². The normalized spacial score (nSPS) is 11.0. The second kappa shape index (κ2) is 7.18. The third-order valence-electron chi connectivity index (χ3n) is 3.90. The van der Waals surface area contributed by atoms with Gasteiger partial charge in [0.2, 0.25) is 5.88 Å². The summed E-state index contributed by atoms with van der Waals surface area (Å²) in [6, 6.07) is 10.7. The summed E-state index contributed by atoms with van der Waals surface area (Å²) in [6.07, 6.45) is 1.20. The van der Waals surface area contributed by atoms with E-state index in [0.29, 0.717) is 27.2 Å². The molecule has 4 rings (SSSR count). The highest BCUT2D eigenvalue weighted by Crippen LogP contribution is 2.31. The molecule has 0 spiro atoms. The number of halogens is 4. The minimum absolute atomic E-state index is 0.0200. The van der Waals surface area contributed by atoms with Gasteiger partial charge >= 0.3 is 0 Å². The van der Waals surface area contributed by atoms with Crippen LogP contribution in [0.2, 0.25) is 10.0 Å². The second-order valence-electron chi connectivity index (χ2n) is 5.73. The molecule has 2 aromatic heterocycles. The van der Waals surface area contributed by atoms with Crippen LogP contribution in [0, 0.1) is 11.6 Å². The van der Waals surface area contributed by atoms with E-state index in [2.05, 4.69) is 10.1 Å². The average molecular weight is 420 g/mol. The van der Waals surface area contributed by atoms with Crippen LogP contribution in [0.15, 0.2) is 59.7 Å². The van der Waals surface area contributed by atoms with Gasteiger partial charge in [-0.3, -0.25) is 4.79 Å². The third-order valence-corrected chi connectivity index (χ3v) is 4.46. The van der Waals surface area contributed by atoms with E-state index in [0.717, 1.165) is 12.1 Å². The molecule has 2 heterocycles. The number of nitrogens with zero attached hydrogens (tertiary/aromatic N) is 3. The van der Waals surface area contributed by atoms with Crippen molar-refractivity contribution >= 4 is 28.7 Å². The van der Waals surface area contributed by atoms with Gasteiger partial charge in [-0.1, -0.05) is 23.2 Å². The maximum absolute atomic E-state index is 13.8. The summed E-state index contributed by atoms with van der Waals surface area (Å²) in [5.74, 6) is -1.76. The van der Waals surface area contributed by atoms with Crippen molar-refractivity contribution in [2.75, 3.05) is 0 Å². The first-order chi connectivity index (χ1) is 13.4. The molecular formula is C19H9Cl2F2N3O2. The number of hydrogen-bond acceptors (Lipinski definition) is 4. The third kappa shape index (κ3) is 3.42. The van der Waals surface area contributed by atoms with Crippen LogP contribution in [0.4, 0.5) is 8.78 Å². The molecule has 4 aromatic rings. The number of hydrogen-bond donors (Lipinski definition) is 0. The van der Waals surface area contributed by atoms with Gasteiger partial charge in [-0.2, -0.15) is 4.98 Å². The summed E-state index contributed by atoms with van der Waals surface area (Å²) < 4.78 is 33.5. The van der Waals surface area contributed by atoms with Gasteiger partial charge in [-0.15, -0.1) is 5.10 Å². The lowest BCUT2D eigenvalue weighted by Gasteiger charge is -2.10. The molecule has 140 valence electrons. The van der Waals surface area contributed by atoms with E-state index in [-0.39, 0.29) is 17.2 Å². The van der Waals surface area contributed by atoms with Crippen molar-refractivity contribution in [2.24, 2.45) is 0 Å². The van der Waals surface area contributed by atoms with E-state index in [4.69, 9.17) is 27.9 Å². The van der Waals surface area contributed by atoms with Crippen LogP contribution in [0.25, 0.3) is 16.6 Å². The van der Waals surface area contributed by atoms with E-state index < -0.39 is 17.2 Å². The molecule has 0 unspecified atom stereocenters. The first-order valence-corrected chi connectivity index (χ1v) is 8.65. The minimum Gasteiger partial charge on any atom is -0.434 e. The van der Waals surface area contributed by atoms with Crippen molar-refractivity contribution in [3.63, 3.8) is 0 Å². The zero-order chi connectivity index (χ0) is 19.8. The molecule has 0 N–H and O–H groups in total. The summed E-state index contributed by atoms with van der Waals surface area (Å²) >= 11 is 12.2. The smallest absolute Gasteiger partial charge is 0.281 e. The number of fused-ring (bicyclic) bond motifs is 1. The Morgan fingerprint density at radius 1 is 1.00 bits per heavy atom. The Morgan fingerprint density at radius 2 is 1.82 bits per heavy atom. The largest absolute Gasteiger partial charge is 0.434 e. The number of rotatable bonds is 3. The molecule has 0 saturated carbocycles. The molecule has 2 aromatic carbocycles. The Kier molecular flexibility index (Phi) is 4.70. The Labute approximate surface area is 166 Å². The van der Waals surface area contributed by atoms with Crippen molar-refractivity contribution in [1.29, 1.82) is 0 Å². The molecule has 0 aliphatic rings. The van der Waals surface area contributed by atoms with Gasteiger partial charge in [0.05, 0.1) is 11.1 Å². The topological polar surface area (TPSA) is 56.5 Å². The van der Waals surface area contributed by atoms with Gasteiger partial charge in [0.25, 0.3) is 5.56 Å². The van der Waals surface area contributed by atoms with Gasteiger partial charge in [0, 0.05) is 27.7 Å². The lowest BCUT2D eigenvalue weighted by atomic mass is 10.1. The maximum atomic E-state index is 13.8. The summed E-state index contributed by atoms with van der Waals surface area (Å²) in [6.45, 7) is 0. The van der Waals surface area contributed by atoms with Crippen LogP contribution >= 0.6 is 23.2 Å². The number of ether oxygens (including phenoxy) is 1. The molecule has 0 radical (unpaired) electrons. The minimum atomic E-state index is -0.869. The fourth-order valence-electron chi connectivity index (χ4n) is 2.65. The molecule has 0 fully saturated rings. The zero-order valence-electron chi connectivity index (χ0n) is 13.9. The van der Waals surface area contributed by atoms with Crippen molar-refractivity contribution in [2.45, 2.75) is 0 Å². The summed E-state index contributed by atoms with van der Waals surface area (Å²) in [7, 11) is 0. The second-order valence-corrected chi connectivity index (χ2v) is 6.57. The molecule has 0 bridgehead atoms. The molecule has 0 aliphatic heterocycles. The predicted molar refractivity (Wildman–Crippen MR) is 101 cm³/mol. The maximum Gasteiger partial charge on any atom is 0.281 e. The first kappa shape index (κ1) is 18.3. The molecule has 5 nitrogen and oxygen atoms in total. The van der Waals surface area contributed by atoms with E-state index in [9.17, 15) is 13.6 Å². The first-order valence-electron chi connectivity index (χ1n) is 7.89. The molecule has 0 aliphatic carbocycles.